The maximum absolute atomic E-state index is 11.1. The van der Waals surface area contributed by atoms with Crippen molar-refractivity contribution in [2.75, 3.05) is 13.1 Å². The molecule has 31 heavy (non-hydrogen) atoms. The lowest BCUT2D eigenvalue weighted by Gasteiger charge is -2.32. The van der Waals surface area contributed by atoms with Crippen molar-refractivity contribution in [3.8, 4) is 0 Å². The van der Waals surface area contributed by atoms with E-state index in [2.05, 4.69) is 25.9 Å². The van der Waals surface area contributed by atoms with Gasteiger partial charge in [-0.1, -0.05) is 15.3 Å². The summed E-state index contributed by atoms with van der Waals surface area (Å²) in [7, 11) is 0. The molecule has 0 fully saturated rings. The third kappa shape index (κ3) is 7.89. The summed E-state index contributed by atoms with van der Waals surface area (Å²) in [6.07, 6.45) is 2.27. The van der Waals surface area contributed by atoms with Gasteiger partial charge in [0, 0.05) is 13.1 Å². The zero-order chi connectivity index (χ0) is 23.8. The molecule has 1 rings (SSSR count). The van der Waals surface area contributed by atoms with Crippen LogP contribution in [0.15, 0.2) is 22.7 Å². The minimum atomic E-state index is -0.854. The third-order valence-corrected chi connectivity index (χ3v) is 5.64. The lowest BCUT2D eigenvalue weighted by molar-refractivity contribution is -0.397. The number of imidazole rings is 1. The van der Waals surface area contributed by atoms with Crippen LogP contribution in [0.5, 0.6) is 0 Å². The van der Waals surface area contributed by atoms with Crippen molar-refractivity contribution in [2.45, 2.75) is 71.7 Å². The molecule has 0 aliphatic carbocycles. The van der Waals surface area contributed by atoms with Crippen LogP contribution in [-0.2, 0) is 6.54 Å². The van der Waals surface area contributed by atoms with E-state index in [0.717, 1.165) is 0 Å². The largest absolute Gasteiger partial charge is 0.434 e. The monoisotopic (exact) mass is 441 g/mol. The van der Waals surface area contributed by atoms with Crippen molar-refractivity contribution >= 4 is 17.4 Å². The van der Waals surface area contributed by atoms with E-state index in [9.17, 15) is 15.2 Å². The van der Waals surface area contributed by atoms with E-state index >= 15 is 0 Å². The van der Waals surface area contributed by atoms with Crippen LogP contribution in [0.4, 0.5) is 5.95 Å². The lowest BCUT2D eigenvalue weighted by Crippen LogP contribution is -2.52. The molecule has 1 atom stereocenters. The number of aromatic nitrogens is 2. The molecular weight excluding hydrogens is 406 g/mol. The average molecular weight is 442 g/mol. The Labute approximate surface area is 182 Å². The fraction of sp³-hybridized carbons (Fsp3) is 0.737. The molecule has 0 saturated carbocycles. The van der Waals surface area contributed by atoms with Crippen LogP contribution in [0.3, 0.4) is 0 Å². The van der Waals surface area contributed by atoms with Crippen LogP contribution in [0.25, 0.3) is 0 Å². The van der Waals surface area contributed by atoms with Crippen LogP contribution < -0.4 is 10.6 Å². The minimum Gasteiger partial charge on any atom is -0.411 e. The van der Waals surface area contributed by atoms with Gasteiger partial charge < -0.3 is 36.3 Å². The maximum atomic E-state index is 11.1. The highest BCUT2D eigenvalue weighted by atomic mass is 16.6. The Hall–Kier alpha value is -2.57. The van der Waals surface area contributed by atoms with E-state index in [0.29, 0.717) is 30.9 Å². The van der Waals surface area contributed by atoms with Crippen molar-refractivity contribution in [1.82, 2.24) is 20.2 Å². The second-order valence-corrected chi connectivity index (χ2v) is 8.77. The van der Waals surface area contributed by atoms with E-state index in [1.807, 2.05) is 27.7 Å². The quantitative estimate of drug-likeness (QED) is 0.133. The van der Waals surface area contributed by atoms with Gasteiger partial charge in [-0.3, -0.25) is 0 Å². The molecule has 0 aliphatic heterocycles. The van der Waals surface area contributed by atoms with Crippen molar-refractivity contribution in [2.24, 2.45) is 16.2 Å². The van der Waals surface area contributed by atoms with Crippen molar-refractivity contribution < 1.29 is 20.4 Å². The highest BCUT2D eigenvalue weighted by Crippen LogP contribution is 2.16. The summed E-state index contributed by atoms with van der Waals surface area (Å²) >= 11 is 0. The molecule has 12 heteroatoms. The first-order valence-electron chi connectivity index (χ1n) is 10.1. The molecule has 12 nitrogen and oxygen atoms in total. The Balaban J connectivity index is 2.90. The van der Waals surface area contributed by atoms with E-state index in [4.69, 9.17) is 10.4 Å². The predicted octanol–water partition coefficient (Wildman–Crippen LogP) is 1.60. The average Bonchev–Trinajstić information content (AvgIpc) is 3.16. The topological polar surface area (TPSA) is 170 Å². The van der Waals surface area contributed by atoms with E-state index in [1.165, 1.54) is 17.0 Å². The number of oxime groups is 2. The SMILES string of the molecule is CC(=NO)C(C)(C)NCC(CNC(C)(C)C(C)=NO)CC(O)Cn1ccnc1[N+](=O)[O-]. The van der Waals surface area contributed by atoms with Gasteiger partial charge >= 0.3 is 5.95 Å². The molecule has 1 aromatic rings. The number of nitro groups is 1. The number of aliphatic hydroxyl groups is 1. The fourth-order valence-electron chi connectivity index (χ4n) is 2.85. The fourth-order valence-corrected chi connectivity index (χ4v) is 2.85. The summed E-state index contributed by atoms with van der Waals surface area (Å²) in [5, 5.41) is 53.0. The van der Waals surface area contributed by atoms with Crippen molar-refractivity contribution in [1.29, 1.82) is 0 Å². The van der Waals surface area contributed by atoms with Gasteiger partial charge in [-0.15, -0.1) is 0 Å². The van der Waals surface area contributed by atoms with Gasteiger partial charge in [0.1, 0.15) is 12.4 Å². The number of nitrogens with one attached hydrogen (secondary N) is 2. The Bertz CT molecular complexity index is 754. The summed E-state index contributed by atoms with van der Waals surface area (Å²) in [6.45, 7) is 11.9. The summed E-state index contributed by atoms with van der Waals surface area (Å²) < 4.78 is 1.31. The van der Waals surface area contributed by atoms with Crippen molar-refractivity contribution in [3.63, 3.8) is 0 Å². The first kappa shape index (κ1) is 26.5. The number of aliphatic hydroxyl groups excluding tert-OH is 1. The normalized spacial score (nSPS) is 15.7. The van der Waals surface area contributed by atoms with Gasteiger partial charge in [0.2, 0.25) is 0 Å². The van der Waals surface area contributed by atoms with Crippen LogP contribution in [0.2, 0.25) is 0 Å². The molecule has 0 radical (unpaired) electrons. The van der Waals surface area contributed by atoms with Crippen LogP contribution >= 0.6 is 0 Å². The lowest BCUT2D eigenvalue weighted by atomic mass is 9.94. The molecule has 1 heterocycles. The van der Waals surface area contributed by atoms with E-state index < -0.39 is 22.1 Å². The first-order valence-corrected chi connectivity index (χ1v) is 10.1. The van der Waals surface area contributed by atoms with Gasteiger partial charge in [0.15, 0.2) is 0 Å². The predicted molar refractivity (Wildman–Crippen MR) is 117 cm³/mol. The summed E-state index contributed by atoms with van der Waals surface area (Å²) in [6, 6.07) is 0. The van der Waals surface area contributed by atoms with E-state index in [1.54, 1.807) is 13.8 Å². The number of hydrogen-bond donors (Lipinski definition) is 5. The van der Waals surface area contributed by atoms with Gasteiger partial charge in [0.25, 0.3) is 0 Å². The van der Waals surface area contributed by atoms with Crippen LogP contribution in [0, 0.1) is 16.0 Å². The number of rotatable bonds is 13. The van der Waals surface area contributed by atoms with Gasteiger partial charge in [-0.05, 0) is 58.8 Å². The standard InChI is InChI=1S/C19H35N7O5/c1-13(23-28)18(3,4)21-10-15(11-22-19(5,6)14(2)24-29)9-16(27)12-25-8-7-20-17(25)26(30)31/h7-8,15-16,21-22,27-29H,9-12H2,1-6H3. The Morgan fingerprint density at radius 3 is 2.06 bits per heavy atom. The molecule has 0 bridgehead atoms. The van der Waals surface area contributed by atoms with Crippen LogP contribution in [0.1, 0.15) is 48.0 Å². The van der Waals surface area contributed by atoms with Crippen LogP contribution in [-0.4, -0.2) is 71.7 Å². The highest BCUT2D eigenvalue weighted by Gasteiger charge is 2.28. The summed E-state index contributed by atoms with van der Waals surface area (Å²) in [5.74, 6) is -0.409. The Morgan fingerprint density at radius 1 is 1.16 bits per heavy atom. The third-order valence-electron chi connectivity index (χ3n) is 5.64. The summed E-state index contributed by atoms with van der Waals surface area (Å²) in [4.78, 5) is 14.2. The molecule has 0 spiro atoms. The molecule has 1 unspecified atom stereocenters. The van der Waals surface area contributed by atoms with E-state index in [-0.39, 0.29) is 18.4 Å². The molecule has 5 N–H and O–H groups in total. The zero-order valence-corrected chi connectivity index (χ0v) is 19.0. The molecular formula is C19H35N7O5. The highest BCUT2D eigenvalue weighted by molar-refractivity contribution is 5.90. The Morgan fingerprint density at radius 2 is 1.65 bits per heavy atom. The molecule has 0 amide bonds. The van der Waals surface area contributed by atoms with Gasteiger partial charge in [-0.2, -0.15) is 0 Å². The summed E-state index contributed by atoms with van der Waals surface area (Å²) in [5.41, 5.74) is -0.118. The number of nitrogens with zero attached hydrogens (tertiary/aromatic N) is 5. The second kappa shape index (κ2) is 11.2. The van der Waals surface area contributed by atoms with Crippen molar-refractivity contribution in [3.05, 3.63) is 22.5 Å². The molecule has 0 aliphatic rings. The Kier molecular flexibility index (Phi) is 9.53. The molecule has 0 aromatic carbocycles. The second-order valence-electron chi connectivity index (χ2n) is 8.77. The molecule has 1 aromatic heterocycles. The maximum Gasteiger partial charge on any atom is 0.434 e. The van der Waals surface area contributed by atoms with Gasteiger partial charge in [-0.25, -0.2) is 4.57 Å². The molecule has 176 valence electrons. The molecule has 0 saturated heterocycles. The number of hydrogen-bond acceptors (Lipinski definition) is 10. The smallest absolute Gasteiger partial charge is 0.411 e. The first-order chi connectivity index (χ1) is 14.3. The minimum absolute atomic E-state index is 0.0356. The van der Waals surface area contributed by atoms with Gasteiger partial charge in [0.05, 0.1) is 35.1 Å². The zero-order valence-electron chi connectivity index (χ0n) is 19.0.